The Bertz CT molecular complexity index is 529. The first kappa shape index (κ1) is 15.0. The Labute approximate surface area is 123 Å². The topological polar surface area (TPSA) is 49.8 Å². The quantitative estimate of drug-likeness (QED) is 0.859. The van der Waals surface area contributed by atoms with Crippen molar-refractivity contribution in [1.82, 2.24) is 4.90 Å². The number of carbonyl (C=O) groups excluding carboxylic acids is 1. The average Bonchev–Trinajstić information content (AvgIpc) is 3.04. The van der Waals surface area contributed by atoms with E-state index in [2.05, 4.69) is 18.8 Å². The highest BCUT2D eigenvalue weighted by molar-refractivity contribution is 7.10. The van der Waals surface area contributed by atoms with Gasteiger partial charge >= 0.3 is 0 Å². The molecule has 1 N–H and O–H groups in total. The van der Waals surface area contributed by atoms with Crippen molar-refractivity contribution in [2.75, 3.05) is 20.3 Å². The molecule has 0 saturated carbocycles. The summed E-state index contributed by atoms with van der Waals surface area (Å²) in [5.41, 5.74) is 1.05. The summed E-state index contributed by atoms with van der Waals surface area (Å²) < 4.78 is 5.51. The van der Waals surface area contributed by atoms with Gasteiger partial charge in [0.2, 0.25) is 0 Å². The van der Waals surface area contributed by atoms with Crippen LogP contribution in [0.25, 0.3) is 0 Å². The molecule has 2 rings (SSSR count). The van der Waals surface area contributed by atoms with Crippen molar-refractivity contribution < 1.29 is 14.6 Å². The van der Waals surface area contributed by atoms with Crippen LogP contribution in [0.2, 0.25) is 0 Å². The van der Waals surface area contributed by atoms with E-state index in [1.54, 1.807) is 11.9 Å². The number of hydrogen-bond acceptors (Lipinski definition) is 4. The summed E-state index contributed by atoms with van der Waals surface area (Å²) in [6.07, 6.45) is 0.649. The largest absolute Gasteiger partial charge is 0.384 e. The lowest BCUT2D eigenvalue weighted by atomic mass is 10.0. The zero-order valence-electron chi connectivity index (χ0n) is 11.8. The van der Waals surface area contributed by atoms with Crippen LogP contribution in [0, 0.1) is 17.8 Å². The maximum Gasteiger partial charge on any atom is 0.252 e. The summed E-state index contributed by atoms with van der Waals surface area (Å²) in [7, 11) is 1.80. The van der Waals surface area contributed by atoms with Gasteiger partial charge in [0.1, 0.15) is 12.7 Å². The smallest absolute Gasteiger partial charge is 0.252 e. The van der Waals surface area contributed by atoms with E-state index in [0.717, 1.165) is 16.9 Å². The molecule has 1 aromatic heterocycles. The van der Waals surface area contributed by atoms with Gasteiger partial charge in [0.15, 0.2) is 0 Å². The SMILES string of the molecule is CC1CCOC1C(=O)N(C)Cc1csc(C#CCO)c1. The molecule has 1 aliphatic rings. The minimum atomic E-state index is -0.299. The van der Waals surface area contributed by atoms with Crippen LogP contribution in [-0.2, 0) is 16.1 Å². The van der Waals surface area contributed by atoms with Gasteiger partial charge in [0, 0.05) is 20.2 Å². The Morgan fingerprint density at radius 1 is 1.65 bits per heavy atom. The lowest BCUT2D eigenvalue weighted by Gasteiger charge is -2.22. The van der Waals surface area contributed by atoms with Crippen molar-refractivity contribution in [3.05, 3.63) is 21.9 Å². The van der Waals surface area contributed by atoms with E-state index in [9.17, 15) is 4.79 Å². The molecule has 2 atom stereocenters. The summed E-state index contributed by atoms with van der Waals surface area (Å²) in [5, 5.41) is 10.7. The van der Waals surface area contributed by atoms with E-state index in [1.807, 2.05) is 11.4 Å². The van der Waals surface area contributed by atoms with Gasteiger partial charge in [-0.3, -0.25) is 4.79 Å². The highest BCUT2D eigenvalue weighted by atomic mass is 32.1. The van der Waals surface area contributed by atoms with E-state index in [4.69, 9.17) is 9.84 Å². The van der Waals surface area contributed by atoms with E-state index in [1.165, 1.54) is 11.3 Å². The molecule has 0 radical (unpaired) electrons. The fraction of sp³-hybridized carbons (Fsp3) is 0.533. The Kier molecular flexibility index (Phi) is 5.18. The number of hydrogen-bond donors (Lipinski definition) is 1. The van der Waals surface area contributed by atoms with E-state index in [-0.39, 0.29) is 18.6 Å². The number of thiophene rings is 1. The van der Waals surface area contributed by atoms with Crippen LogP contribution in [0.1, 0.15) is 23.8 Å². The molecule has 1 amide bonds. The fourth-order valence-electron chi connectivity index (χ4n) is 2.23. The molecule has 1 aromatic rings. The van der Waals surface area contributed by atoms with Crippen molar-refractivity contribution in [1.29, 1.82) is 0 Å². The number of aliphatic hydroxyl groups is 1. The summed E-state index contributed by atoms with van der Waals surface area (Å²) in [6, 6.07) is 1.95. The minimum Gasteiger partial charge on any atom is -0.384 e. The van der Waals surface area contributed by atoms with Crippen LogP contribution >= 0.6 is 11.3 Å². The summed E-state index contributed by atoms with van der Waals surface area (Å²) in [6.45, 7) is 3.15. The normalized spacial score (nSPS) is 21.4. The predicted octanol–water partition coefficient (Wildman–Crippen LogP) is 1.48. The van der Waals surface area contributed by atoms with Gasteiger partial charge in [0.05, 0.1) is 4.88 Å². The first-order chi connectivity index (χ1) is 9.61. The lowest BCUT2D eigenvalue weighted by Crippen LogP contribution is -2.38. The van der Waals surface area contributed by atoms with E-state index < -0.39 is 0 Å². The molecule has 0 aliphatic carbocycles. The number of nitrogens with zero attached hydrogens (tertiary/aromatic N) is 1. The second-order valence-corrected chi connectivity index (χ2v) is 5.94. The molecule has 1 saturated heterocycles. The van der Waals surface area contributed by atoms with Gasteiger partial charge in [-0.25, -0.2) is 0 Å². The highest BCUT2D eigenvalue weighted by Gasteiger charge is 2.32. The van der Waals surface area contributed by atoms with Crippen molar-refractivity contribution in [2.24, 2.45) is 5.92 Å². The maximum absolute atomic E-state index is 12.3. The zero-order chi connectivity index (χ0) is 14.5. The molecule has 0 aromatic carbocycles. The molecule has 4 nitrogen and oxygen atoms in total. The van der Waals surface area contributed by atoms with Crippen molar-refractivity contribution in [2.45, 2.75) is 26.0 Å². The fourth-order valence-corrected chi connectivity index (χ4v) is 3.00. The molecule has 20 heavy (non-hydrogen) atoms. The van der Waals surface area contributed by atoms with Crippen LogP contribution in [0.15, 0.2) is 11.4 Å². The Balaban J connectivity index is 1.95. The Hall–Kier alpha value is -1.35. The van der Waals surface area contributed by atoms with E-state index >= 15 is 0 Å². The number of amides is 1. The van der Waals surface area contributed by atoms with Crippen LogP contribution in [0.5, 0.6) is 0 Å². The number of carbonyl (C=O) groups is 1. The van der Waals surface area contributed by atoms with Crippen LogP contribution in [0.3, 0.4) is 0 Å². The standard InChI is InChI=1S/C15H19NO3S/c1-11-5-7-19-14(11)15(18)16(2)9-12-8-13(20-10-12)4-3-6-17/h8,10-11,14,17H,5-7,9H2,1-2H3. The number of ether oxygens (including phenoxy) is 1. The Morgan fingerprint density at radius 2 is 2.45 bits per heavy atom. The number of aliphatic hydroxyl groups excluding tert-OH is 1. The molecule has 5 heteroatoms. The Morgan fingerprint density at radius 3 is 3.10 bits per heavy atom. The van der Waals surface area contributed by atoms with Gasteiger partial charge in [-0.05, 0) is 29.3 Å². The second-order valence-electron chi connectivity index (χ2n) is 5.03. The third-order valence-electron chi connectivity index (χ3n) is 3.37. The maximum atomic E-state index is 12.3. The summed E-state index contributed by atoms with van der Waals surface area (Å²) >= 11 is 1.52. The number of likely N-dealkylation sites (N-methyl/N-ethyl adjacent to an activating group) is 1. The highest BCUT2D eigenvalue weighted by Crippen LogP contribution is 2.22. The molecular weight excluding hydrogens is 274 g/mol. The average molecular weight is 293 g/mol. The third-order valence-corrected chi connectivity index (χ3v) is 4.27. The van der Waals surface area contributed by atoms with Gasteiger partial charge in [0.25, 0.3) is 5.91 Å². The summed E-state index contributed by atoms with van der Waals surface area (Å²) in [4.78, 5) is 14.9. The first-order valence-corrected chi connectivity index (χ1v) is 7.53. The zero-order valence-corrected chi connectivity index (χ0v) is 12.6. The first-order valence-electron chi connectivity index (χ1n) is 6.65. The molecule has 2 heterocycles. The molecule has 0 bridgehead atoms. The molecule has 108 valence electrons. The van der Waals surface area contributed by atoms with Crippen molar-refractivity contribution >= 4 is 17.2 Å². The van der Waals surface area contributed by atoms with Crippen LogP contribution in [0.4, 0.5) is 0 Å². The molecular formula is C15H19NO3S. The van der Waals surface area contributed by atoms with Crippen LogP contribution < -0.4 is 0 Å². The molecule has 0 spiro atoms. The van der Waals surface area contributed by atoms with Gasteiger partial charge in [-0.2, -0.15) is 0 Å². The summed E-state index contributed by atoms with van der Waals surface area (Å²) in [5.74, 6) is 5.83. The molecule has 2 unspecified atom stereocenters. The van der Waals surface area contributed by atoms with Crippen molar-refractivity contribution in [3.63, 3.8) is 0 Å². The molecule has 1 fully saturated rings. The van der Waals surface area contributed by atoms with Gasteiger partial charge in [-0.15, -0.1) is 11.3 Å². The number of rotatable bonds is 3. The second kappa shape index (κ2) is 6.89. The minimum absolute atomic E-state index is 0.0455. The van der Waals surface area contributed by atoms with Gasteiger partial charge < -0.3 is 14.7 Å². The lowest BCUT2D eigenvalue weighted by molar-refractivity contribution is -0.141. The third kappa shape index (κ3) is 3.60. The molecule has 1 aliphatic heterocycles. The monoisotopic (exact) mass is 293 g/mol. The van der Waals surface area contributed by atoms with E-state index in [0.29, 0.717) is 19.1 Å². The predicted molar refractivity (Wildman–Crippen MR) is 78.3 cm³/mol. The van der Waals surface area contributed by atoms with Crippen molar-refractivity contribution in [3.8, 4) is 11.8 Å². The van der Waals surface area contributed by atoms with Crippen LogP contribution in [-0.4, -0.2) is 42.3 Å². The van der Waals surface area contributed by atoms with Gasteiger partial charge in [-0.1, -0.05) is 18.8 Å².